The summed E-state index contributed by atoms with van der Waals surface area (Å²) in [6.45, 7) is 5.73. The van der Waals surface area contributed by atoms with Gasteiger partial charge in [-0.15, -0.1) is 11.3 Å². The van der Waals surface area contributed by atoms with Crippen LogP contribution in [0.4, 0.5) is 0 Å². The van der Waals surface area contributed by atoms with Gasteiger partial charge in [-0.25, -0.2) is 4.98 Å². The SMILES string of the molecule is Cc1ncsc1CN1CC[C@]2(C[C@H](OCC(=O)N(C)C)CO2)C1. The van der Waals surface area contributed by atoms with Gasteiger partial charge in [0.2, 0.25) is 5.91 Å². The van der Waals surface area contributed by atoms with Crippen LogP contribution in [0.15, 0.2) is 5.51 Å². The van der Waals surface area contributed by atoms with Crippen LogP contribution in [0.1, 0.15) is 23.4 Å². The Hall–Kier alpha value is -1.02. The van der Waals surface area contributed by atoms with Crippen LogP contribution in [0.3, 0.4) is 0 Å². The average molecular weight is 339 g/mol. The van der Waals surface area contributed by atoms with Crippen molar-refractivity contribution < 1.29 is 14.3 Å². The third-order valence-corrected chi connectivity index (χ3v) is 5.64. The van der Waals surface area contributed by atoms with Gasteiger partial charge in [-0.1, -0.05) is 0 Å². The van der Waals surface area contributed by atoms with Crippen LogP contribution in [0.25, 0.3) is 0 Å². The highest BCUT2D eigenvalue weighted by atomic mass is 32.1. The maximum absolute atomic E-state index is 11.6. The molecule has 23 heavy (non-hydrogen) atoms. The smallest absolute Gasteiger partial charge is 0.248 e. The van der Waals surface area contributed by atoms with Crippen molar-refractivity contribution in [3.8, 4) is 0 Å². The van der Waals surface area contributed by atoms with Crippen LogP contribution >= 0.6 is 11.3 Å². The zero-order chi connectivity index (χ0) is 16.4. The molecule has 2 atom stereocenters. The first-order chi connectivity index (χ1) is 11.0. The first-order valence-corrected chi connectivity index (χ1v) is 8.92. The van der Waals surface area contributed by atoms with Gasteiger partial charge in [0, 0.05) is 45.0 Å². The summed E-state index contributed by atoms with van der Waals surface area (Å²) in [4.78, 5) is 21.3. The number of hydrogen-bond acceptors (Lipinski definition) is 6. The maximum Gasteiger partial charge on any atom is 0.248 e. The fraction of sp³-hybridized carbons (Fsp3) is 0.750. The molecule has 6 nitrogen and oxygen atoms in total. The molecule has 0 aliphatic carbocycles. The van der Waals surface area contributed by atoms with Crippen LogP contribution in [0.2, 0.25) is 0 Å². The summed E-state index contributed by atoms with van der Waals surface area (Å²) in [6, 6.07) is 0. The van der Waals surface area contributed by atoms with Crippen molar-refractivity contribution >= 4 is 17.2 Å². The Morgan fingerprint density at radius 2 is 2.43 bits per heavy atom. The Balaban J connectivity index is 1.48. The van der Waals surface area contributed by atoms with Crippen LogP contribution < -0.4 is 0 Å². The first-order valence-electron chi connectivity index (χ1n) is 8.04. The van der Waals surface area contributed by atoms with Crippen molar-refractivity contribution in [3.05, 3.63) is 16.1 Å². The molecule has 2 fully saturated rings. The molecule has 0 unspecified atom stereocenters. The van der Waals surface area contributed by atoms with Gasteiger partial charge in [-0.3, -0.25) is 9.69 Å². The molecule has 1 aromatic rings. The molecule has 128 valence electrons. The molecule has 3 rings (SSSR count). The predicted molar refractivity (Wildman–Crippen MR) is 88.5 cm³/mol. The van der Waals surface area contributed by atoms with Gasteiger partial charge in [0.15, 0.2) is 0 Å². The van der Waals surface area contributed by atoms with Gasteiger partial charge >= 0.3 is 0 Å². The Kier molecular flexibility index (Phi) is 5.01. The summed E-state index contributed by atoms with van der Waals surface area (Å²) in [6.07, 6.45) is 1.95. The lowest BCUT2D eigenvalue weighted by molar-refractivity contribution is -0.135. The van der Waals surface area contributed by atoms with E-state index in [2.05, 4.69) is 16.8 Å². The molecule has 0 saturated carbocycles. The van der Waals surface area contributed by atoms with Gasteiger partial charge in [0.25, 0.3) is 0 Å². The third-order valence-electron chi connectivity index (χ3n) is 4.72. The molecule has 0 aromatic carbocycles. The molecular weight excluding hydrogens is 314 g/mol. The Labute approximate surface area is 141 Å². The minimum atomic E-state index is -0.0928. The number of rotatable bonds is 5. The minimum absolute atomic E-state index is 0.000306. The van der Waals surface area contributed by atoms with E-state index < -0.39 is 0 Å². The van der Waals surface area contributed by atoms with Crippen LogP contribution in [-0.2, 0) is 20.8 Å². The molecule has 0 radical (unpaired) electrons. The van der Waals surface area contributed by atoms with E-state index in [-0.39, 0.29) is 24.2 Å². The highest BCUT2D eigenvalue weighted by Crippen LogP contribution is 2.37. The van der Waals surface area contributed by atoms with Crippen molar-refractivity contribution in [3.63, 3.8) is 0 Å². The van der Waals surface area contributed by atoms with E-state index in [1.54, 1.807) is 30.3 Å². The summed E-state index contributed by atoms with van der Waals surface area (Å²) >= 11 is 1.72. The topological polar surface area (TPSA) is 54.9 Å². The summed E-state index contributed by atoms with van der Waals surface area (Å²) in [7, 11) is 3.49. The molecule has 1 spiro atoms. The second-order valence-electron chi connectivity index (χ2n) is 6.74. The molecular formula is C16H25N3O3S. The van der Waals surface area contributed by atoms with E-state index in [0.29, 0.717) is 6.61 Å². The van der Waals surface area contributed by atoms with Gasteiger partial charge in [0.1, 0.15) is 6.61 Å². The minimum Gasteiger partial charge on any atom is -0.371 e. The first kappa shape index (κ1) is 16.8. The summed E-state index contributed by atoms with van der Waals surface area (Å²) < 4.78 is 11.8. The van der Waals surface area contributed by atoms with Gasteiger partial charge in [-0.05, 0) is 13.3 Å². The standard InChI is InChI=1S/C16H25N3O3S/c1-12-14(23-11-17-12)7-19-5-4-16(10-19)6-13(8-22-16)21-9-15(20)18(2)3/h11,13H,4-10H2,1-3H3/t13-,16-/m0/s1. The van der Waals surface area contributed by atoms with Crippen molar-refractivity contribution in [2.45, 2.75) is 38.0 Å². The number of thiazole rings is 1. The zero-order valence-corrected chi connectivity index (χ0v) is 14.9. The summed E-state index contributed by atoms with van der Waals surface area (Å²) in [5.41, 5.74) is 2.95. The summed E-state index contributed by atoms with van der Waals surface area (Å²) in [5.74, 6) is -0.000306. The van der Waals surface area contributed by atoms with Gasteiger partial charge < -0.3 is 14.4 Å². The lowest BCUT2D eigenvalue weighted by Gasteiger charge is -2.23. The summed E-state index contributed by atoms with van der Waals surface area (Å²) in [5, 5.41) is 0. The van der Waals surface area contributed by atoms with Gasteiger partial charge in [0.05, 0.1) is 29.5 Å². The number of amides is 1. The van der Waals surface area contributed by atoms with Crippen LogP contribution in [0, 0.1) is 6.92 Å². The number of hydrogen-bond donors (Lipinski definition) is 0. The normalized spacial score (nSPS) is 27.9. The van der Waals surface area contributed by atoms with E-state index in [1.807, 2.05) is 5.51 Å². The fourth-order valence-corrected chi connectivity index (χ4v) is 4.07. The number of likely N-dealkylation sites (N-methyl/N-ethyl adjacent to an activating group) is 1. The van der Waals surface area contributed by atoms with E-state index in [9.17, 15) is 4.79 Å². The van der Waals surface area contributed by atoms with Crippen molar-refractivity contribution in [1.29, 1.82) is 0 Å². The predicted octanol–water partition coefficient (Wildman–Crippen LogP) is 1.29. The number of aryl methyl sites for hydroxylation is 1. The largest absolute Gasteiger partial charge is 0.371 e. The maximum atomic E-state index is 11.6. The number of carbonyl (C=O) groups excluding carboxylic acids is 1. The second-order valence-corrected chi connectivity index (χ2v) is 7.68. The molecule has 7 heteroatoms. The van der Waals surface area contributed by atoms with E-state index in [1.165, 1.54) is 4.88 Å². The lowest BCUT2D eigenvalue weighted by Crippen LogP contribution is -2.33. The van der Waals surface area contributed by atoms with E-state index in [4.69, 9.17) is 9.47 Å². The molecule has 1 aromatic heterocycles. The highest BCUT2D eigenvalue weighted by Gasteiger charge is 2.46. The monoisotopic (exact) mass is 339 g/mol. The molecule has 2 saturated heterocycles. The molecule has 0 N–H and O–H groups in total. The quantitative estimate of drug-likeness (QED) is 0.809. The average Bonchev–Trinajstić information content (AvgIpc) is 3.21. The molecule has 0 bridgehead atoms. The molecule has 2 aliphatic rings. The molecule has 1 amide bonds. The number of ether oxygens (including phenoxy) is 2. The third kappa shape index (κ3) is 3.91. The Bertz CT molecular complexity index is 563. The zero-order valence-electron chi connectivity index (χ0n) is 14.1. The number of nitrogens with zero attached hydrogens (tertiary/aromatic N) is 3. The Morgan fingerprint density at radius 3 is 3.13 bits per heavy atom. The number of aromatic nitrogens is 1. The van der Waals surface area contributed by atoms with E-state index in [0.717, 1.165) is 38.2 Å². The van der Waals surface area contributed by atoms with Crippen molar-refractivity contribution in [1.82, 2.24) is 14.8 Å². The van der Waals surface area contributed by atoms with Gasteiger partial charge in [-0.2, -0.15) is 0 Å². The van der Waals surface area contributed by atoms with E-state index >= 15 is 0 Å². The lowest BCUT2D eigenvalue weighted by atomic mass is 9.98. The fourth-order valence-electron chi connectivity index (χ4n) is 3.26. The molecule has 3 heterocycles. The van der Waals surface area contributed by atoms with Crippen molar-refractivity contribution in [2.75, 3.05) is 40.4 Å². The number of carbonyl (C=O) groups is 1. The van der Waals surface area contributed by atoms with Crippen molar-refractivity contribution in [2.24, 2.45) is 0 Å². The second kappa shape index (κ2) is 6.84. The highest BCUT2D eigenvalue weighted by molar-refractivity contribution is 7.09. The molecule has 2 aliphatic heterocycles. The number of likely N-dealkylation sites (tertiary alicyclic amines) is 1. The van der Waals surface area contributed by atoms with Crippen LogP contribution in [0.5, 0.6) is 0 Å². The van der Waals surface area contributed by atoms with Crippen LogP contribution in [-0.4, -0.2) is 72.8 Å². The Morgan fingerprint density at radius 1 is 1.61 bits per heavy atom.